The third-order valence-electron chi connectivity index (χ3n) is 3.92. The Labute approximate surface area is 204 Å². The van der Waals surface area contributed by atoms with Crippen LogP contribution in [0, 0.1) is 27.7 Å². The molecule has 0 unspecified atom stereocenters. The first-order valence-corrected chi connectivity index (χ1v) is 9.84. The summed E-state index contributed by atoms with van der Waals surface area (Å²) in [7, 11) is 0. The van der Waals surface area contributed by atoms with Crippen molar-refractivity contribution < 1.29 is 56.8 Å². The van der Waals surface area contributed by atoms with Gasteiger partial charge in [0.05, 0.1) is 0 Å². The van der Waals surface area contributed by atoms with Crippen LogP contribution in [-0.4, -0.2) is 20.8 Å². The van der Waals surface area contributed by atoms with E-state index in [0.29, 0.717) is 0 Å². The van der Waals surface area contributed by atoms with Crippen molar-refractivity contribution >= 4 is 0 Å². The van der Waals surface area contributed by atoms with Gasteiger partial charge in [0.2, 0.25) is 49.6 Å². The van der Waals surface area contributed by atoms with E-state index in [1.54, 1.807) is 49.6 Å². The number of pyridine rings is 4. The molecule has 0 aliphatic heterocycles. The summed E-state index contributed by atoms with van der Waals surface area (Å²) in [6.07, 6.45) is 12.7. The van der Waals surface area contributed by atoms with Gasteiger partial charge >= 0.3 is 17.1 Å². The molecule has 0 spiro atoms. The van der Waals surface area contributed by atoms with Gasteiger partial charge in [0.15, 0.2) is 0 Å². The van der Waals surface area contributed by atoms with Gasteiger partial charge in [0.25, 0.3) is 0 Å². The molecule has 1 radical (unpaired) electrons. The molecule has 9 heteroatoms. The molecule has 33 heavy (non-hydrogen) atoms. The Balaban J connectivity index is 0.000000410. The Hall–Kier alpha value is -3.68. The Morgan fingerprint density at radius 3 is 0.576 bits per heavy atom. The molecule has 0 aliphatic rings. The summed E-state index contributed by atoms with van der Waals surface area (Å²) in [5.74, 6) is 0. The zero-order valence-electron chi connectivity index (χ0n) is 19.1. The van der Waals surface area contributed by atoms with Crippen LogP contribution in [0.15, 0.2) is 98.1 Å². The molecule has 0 bridgehead atoms. The van der Waals surface area contributed by atoms with Gasteiger partial charge in [-0.1, -0.05) is 0 Å². The predicted octanol–water partition coefficient (Wildman–Crippen LogP) is 2.08. The minimum absolute atomic E-state index is 0. The maximum absolute atomic E-state index is 8.67. The van der Waals surface area contributed by atoms with E-state index in [2.05, 4.69) is 0 Å². The Kier molecular flexibility index (Phi) is 14.2. The average Bonchev–Trinajstić information content (AvgIpc) is 2.78. The van der Waals surface area contributed by atoms with E-state index < -0.39 is 0 Å². The standard InChI is InChI=1S/4C6H8NO.Cu/c4*1-6-2-4-7(8)5-3-6;/h4*2-5,8H,1H3;/q4*+1;+2. The maximum atomic E-state index is 8.67. The number of aryl methyl sites for hydroxylation is 4. The molecular formula is C24H32CuN4O4+6. The molecule has 8 nitrogen and oxygen atoms in total. The monoisotopic (exact) mass is 503 g/mol. The van der Waals surface area contributed by atoms with Gasteiger partial charge in [-0.15, -0.1) is 0 Å². The number of nitrogens with zero attached hydrogens (tertiary/aromatic N) is 4. The van der Waals surface area contributed by atoms with Crippen molar-refractivity contribution in [1.29, 1.82) is 0 Å². The summed E-state index contributed by atoms with van der Waals surface area (Å²) in [4.78, 5) is 0. The second-order valence-corrected chi connectivity index (χ2v) is 7.02. The van der Waals surface area contributed by atoms with Crippen LogP contribution in [-0.2, 0) is 17.1 Å². The molecule has 4 rings (SSSR count). The van der Waals surface area contributed by atoms with Gasteiger partial charge in [0.1, 0.15) is 0 Å². The summed E-state index contributed by atoms with van der Waals surface area (Å²) in [6, 6.07) is 14.7. The molecule has 4 heterocycles. The van der Waals surface area contributed by atoms with Crippen molar-refractivity contribution in [3.63, 3.8) is 0 Å². The van der Waals surface area contributed by atoms with Gasteiger partial charge in [0, 0.05) is 67.5 Å². The average molecular weight is 504 g/mol. The number of hydrogen-bond acceptors (Lipinski definition) is 4. The van der Waals surface area contributed by atoms with Crippen LogP contribution in [0.3, 0.4) is 0 Å². The second-order valence-electron chi connectivity index (χ2n) is 7.02. The smallest absolute Gasteiger partial charge is 0.285 e. The summed E-state index contributed by atoms with van der Waals surface area (Å²) in [6.45, 7) is 7.89. The van der Waals surface area contributed by atoms with Crippen LogP contribution < -0.4 is 18.9 Å². The van der Waals surface area contributed by atoms with E-state index in [0.717, 1.165) is 41.2 Å². The molecule has 4 aromatic heterocycles. The Bertz CT molecular complexity index is 770. The van der Waals surface area contributed by atoms with Gasteiger partial charge in [-0.25, -0.2) is 0 Å². The fourth-order valence-electron chi connectivity index (χ4n) is 1.97. The molecule has 4 N–H and O–H groups in total. The molecule has 0 aliphatic carbocycles. The summed E-state index contributed by atoms with van der Waals surface area (Å²) < 4.78 is 4.08. The van der Waals surface area contributed by atoms with Crippen LogP contribution >= 0.6 is 0 Å². The first-order valence-electron chi connectivity index (χ1n) is 9.84. The number of rotatable bonds is 0. The fraction of sp³-hybridized carbons (Fsp3) is 0.167. The molecule has 0 aromatic carbocycles. The molecule has 0 saturated carbocycles. The van der Waals surface area contributed by atoms with Crippen molar-refractivity contribution in [2.45, 2.75) is 27.7 Å². The quantitative estimate of drug-likeness (QED) is 0.168. The largest absolute Gasteiger partial charge is 2.00 e. The minimum atomic E-state index is 0. The fourth-order valence-corrected chi connectivity index (χ4v) is 1.97. The number of aromatic nitrogens is 4. The zero-order valence-corrected chi connectivity index (χ0v) is 20.1. The molecule has 4 aromatic rings. The van der Waals surface area contributed by atoms with Crippen LogP contribution in [0.5, 0.6) is 0 Å². The summed E-state index contributed by atoms with van der Waals surface area (Å²) in [5, 5.41) is 34.7. The SMILES string of the molecule is Cc1cc[n+](O)cc1.Cc1cc[n+](O)cc1.Cc1cc[n+](O)cc1.Cc1cc[n+](O)cc1.[Cu+2]. The normalized spacial score (nSPS) is 8.85. The Morgan fingerprint density at radius 2 is 0.485 bits per heavy atom. The first-order chi connectivity index (χ1) is 15.2. The first kappa shape index (κ1) is 29.3. The van der Waals surface area contributed by atoms with E-state index in [9.17, 15) is 0 Å². The molecule has 0 saturated heterocycles. The van der Waals surface area contributed by atoms with Crippen LogP contribution in [0.2, 0.25) is 0 Å². The van der Waals surface area contributed by atoms with Crippen LogP contribution in [0.4, 0.5) is 0 Å². The Morgan fingerprint density at radius 1 is 0.364 bits per heavy atom. The van der Waals surface area contributed by atoms with E-state index in [1.807, 2.05) is 76.2 Å². The van der Waals surface area contributed by atoms with Crippen molar-refractivity contribution in [2.75, 3.05) is 0 Å². The van der Waals surface area contributed by atoms with E-state index in [-0.39, 0.29) is 17.1 Å². The van der Waals surface area contributed by atoms with Gasteiger partial charge in [-0.2, -0.15) is 0 Å². The van der Waals surface area contributed by atoms with Crippen molar-refractivity contribution in [1.82, 2.24) is 0 Å². The van der Waals surface area contributed by atoms with E-state index >= 15 is 0 Å². The van der Waals surface area contributed by atoms with Crippen molar-refractivity contribution in [3.05, 3.63) is 120 Å². The van der Waals surface area contributed by atoms with Crippen molar-refractivity contribution in [3.8, 4) is 0 Å². The predicted molar refractivity (Wildman–Crippen MR) is 114 cm³/mol. The van der Waals surface area contributed by atoms with Crippen LogP contribution in [0.25, 0.3) is 0 Å². The number of hydrogen-bond donors (Lipinski definition) is 4. The molecule has 0 atom stereocenters. The topological polar surface area (TPSA) is 96.4 Å². The van der Waals surface area contributed by atoms with E-state index in [4.69, 9.17) is 20.8 Å². The summed E-state index contributed by atoms with van der Waals surface area (Å²) in [5.41, 5.74) is 4.59. The molecule has 177 valence electrons. The van der Waals surface area contributed by atoms with Gasteiger partial charge < -0.3 is 0 Å². The van der Waals surface area contributed by atoms with Crippen molar-refractivity contribution in [2.24, 2.45) is 0 Å². The molecule has 0 amide bonds. The summed E-state index contributed by atoms with van der Waals surface area (Å²) >= 11 is 0. The second kappa shape index (κ2) is 16.0. The van der Waals surface area contributed by atoms with Gasteiger partial charge in [-0.05, 0) is 49.9 Å². The van der Waals surface area contributed by atoms with Gasteiger partial charge in [-0.3, -0.25) is 20.8 Å². The molecule has 0 fully saturated rings. The third-order valence-corrected chi connectivity index (χ3v) is 3.92. The maximum Gasteiger partial charge on any atom is 2.00 e. The zero-order chi connectivity index (χ0) is 23.9. The third kappa shape index (κ3) is 14.9. The molecular weight excluding hydrogens is 472 g/mol. The minimum Gasteiger partial charge on any atom is -0.285 e. The van der Waals surface area contributed by atoms with E-state index in [1.165, 1.54) is 0 Å². The van der Waals surface area contributed by atoms with Crippen LogP contribution in [0.1, 0.15) is 22.3 Å².